The number of carboxylic acids is 1. The summed E-state index contributed by atoms with van der Waals surface area (Å²) < 4.78 is 0. The molecule has 0 bridgehead atoms. The minimum absolute atomic E-state index is 0.375. The Morgan fingerprint density at radius 2 is 2.00 bits per heavy atom. The Morgan fingerprint density at radius 3 is 2.64 bits per heavy atom. The van der Waals surface area contributed by atoms with Gasteiger partial charge in [-0.2, -0.15) is 0 Å². The van der Waals surface area contributed by atoms with Crippen molar-refractivity contribution in [2.24, 2.45) is 0 Å². The molecule has 0 aliphatic carbocycles. The van der Waals surface area contributed by atoms with Crippen LogP contribution in [0.5, 0.6) is 0 Å². The van der Waals surface area contributed by atoms with E-state index in [0.717, 1.165) is 22.0 Å². The quantitative estimate of drug-likeness (QED) is 0.724. The zero-order valence-corrected chi connectivity index (χ0v) is 8.09. The lowest BCUT2D eigenvalue weighted by atomic mass is 10.0. The van der Waals surface area contributed by atoms with E-state index in [1.807, 2.05) is 19.2 Å². The summed E-state index contributed by atoms with van der Waals surface area (Å²) in [4.78, 5) is 14.0. The van der Waals surface area contributed by atoms with E-state index < -0.39 is 5.97 Å². The molecule has 3 nitrogen and oxygen atoms in total. The number of aryl methyl sites for hydroxylation is 2. The molecule has 2 aromatic rings. The molecule has 72 valence electrons. The molecule has 1 aromatic carbocycles. The van der Waals surface area contributed by atoms with E-state index >= 15 is 0 Å². The van der Waals surface area contributed by atoms with Gasteiger partial charge in [-0.3, -0.25) is 0 Å². The smallest absolute Gasteiger partial charge is 0.335 e. The van der Waals surface area contributed by atoms with Gasteiger partial charge in [0, 0.05) is 17.1 Å². The second kappa shape index (κ2) is 2.87. The molecule has 0 radical (unpaired) electrons. The molecule has 14 heavy (non-hydrogen) atoms. The first-order chi connectivity index (χ1) is 6.59. The summed E-state index contributed by atoms with van der Waals surface area (Å²) in [5.41, 5.74) is 3.22. The Bertz CT molecular complexity index is 511. The fourth-order valence-corrected chi connectivity index (χ4v) is 1.65. The molecule has 0 unspecified atom stereocenters. The van der Waals surface area contributed by atoms with Gasteiger partial charge >= 0.3 is 5.97 Å². The van der Waals surface area contributed by atoms with Gasteiger partial charge in [0.15, 0.2) is 0 Å². The van der Waals surface area contributed by atoms with E-state index in [2.05, 4.69) is 4.98 Å². The van der Waals surface area contributed by atoms with Crippen molar-refractivity contribution in [3.63, 3.8) is 0 Å². The molecule has 2 rings (SSSR count). The highest BCUT2D eigenvalue weighted by atomic mass is 16.4. The number of carbonyl (C=O) groups is 1. The van der Waals surface area contributed by atoms with Crippen LogP contribution >= 0.6 is 0 Å². The third-order valence-electron chi connectivity index (χ3n) is 2.46. The number of fused-ring (bicyclic) bond motifs is 1. The minimum atomic E-state index is -0.870. The fourth-order valence-electron chi connectivity index (χ4n) is 1.65. The zero-order valence-electron chi connectivity index (χ0n) is 8.09. The van der Waals surface area contributed by atoms with Crippen LogP contribution in [0.25, 0.3) is 10.9 Å². The van der Waals surface area contributed by atoms with Crippen LogP contribution in [0.2, 0.25) is 0 Å². The highest BCUT2D eigenvalue weighted by Crippen LogP contribution is 2.21. The van der Waals surface area contributed by atoms with Gasteiger partial charge in [0.25, 0.3) is 0 Å². The Morgan fingerprint density at radius 1 is 1.29 bits per heavy atom. The highest BCUT2D eigenvalue weighted by molar-refractivity contribution is 5.96. The van der Waals surface area contributed by atoms with E-state index in [9.17, 15) is 4.79 Å². The number of aromatic amines is 1. The average molecular weight is 189 g/mol. The summed E-state index contributed by atoms with van der Waals surface area (Å²) in [6.07, 6.45) is 1.88. The molecule has 1 heterocycles. The standard InChI is InChI=1S/C11H11NO2/c1-6-3-10-8(7(2)5-12-10)4-9(6)11(13)14/h3-5,12H,1-2H3,(H,13,14). The topological polar surface area (TPSA) is 53.1 Å². The van der Waals surface area contributed by atoms with Crippen molar-refractivity contribution >= 4 is 16.9 Å². The van der Waals surface area contributed by atoms with E-state index in [-0.39, 0.29) is 0 Å². The molecule has 0 fully saturated rings. The third-order valence-corrected chi connectivity index (χ3v) is 2.46. The van der Waals surface area contributed by atoms with Crippen molar-refractivity contribution in [3.05, 3.63) is 35.0 Å². The van der Waals surface area contributed by atoms with Gasteiger partial charge in [-0.1, -0.05) is 0 Å². The van der Waals surface area contributed by atoms with E-state index in [4.69, 9.17) is 5.11 Å². The lowest BCUT2D eigenvalue weighted by Gasteiger charge is -2.01. The van der Waals surface area contributed by atoms with Crippen molar-refractivity contribution in [1.29, 1.82) is 0 Å². The Kier molecular flexibility index (Phi) is 1.81. The lowest BCUT2D eigenvalue weighted by molar-refractivity contribution is 0.0696. The second-order valence-corrected chi connectivity index (χ2v) is 3.49. The number of rotatable bonds is 1. The molecule has 1 aromatic heterocycles. The number of benzene rings is 1. The van der Waals surface area contributed by atoms with Crippen LogP contribution in [0.15, 0.2) is 18.3 Å². The summed E-state index contributed by atoms with van der Waals surface area (Å²) in [7, 11) is 0. The van der Waals surface area contributed by atoms with Crippen molar-refractivity contribution in [1.82, 2.24) is 4.98 Å². The number of hydrogen-bond acceptors (Lipinski definition) is 1. The summed E-state index contributed by atoms with van der Waals surface area (Å²) in [5, 5.41) is 9.92. The van der Waals surface area contributed by atoms with Crippen molar-refractivity contribution in [2.45, 2.75) is 13.8 Å². The first-order valence-corrected chi connectivity index (χ1v) is 4.41. The normalized spacial score (nSPS) is 10.7. The second-order valence-electron chi connectivity index (χ2n) is 3.49. The molecule has 0 saturated heterocycles. The van der Waals surface area contributed by atoms with Crippen LogP contribution in [-0.4, -0.2) is 16.1 Å². The van der Waals surface area contributed by atoms with Crippen LogP contribution in [0.1, 0.15) is 21.5 Å². The SMILES string of the molecule is Cc1cc2[nH]cc(C)c2cc1C(=O)O. The lowest BCUT2D eigenvalue weighted by Crippen LogP contribution is -1.99. The van der Waals surface area contributed by atoms with Gasteiger partial charge in [0.05, 0.1) is 5.56 Å². The van der Waals surface area contributed by atoms with E-state index in [0.29, 0.717) is 5.56 Å². The maximum absolute atomic E-state index is 10.9. The van der Waals surface area contributed by atoms with Crippen LogP contribution < -0.4 is 0 Å². The first kappa shape index (κ1) is 8.81. The minimum Gasteiger partial charge on any atom is -0.478 e. The monoisotopic (exact) mass is 189 g/mol. The van der Waals surface area contributed by atoms with Crippen LogP contribution in [-0.2, 0) is 0 Å². The summed E-state index contributed by atoms with van der Waals surface area (Å²) >= 11 is 0. The van der Waals surface area contributed by atoms with Crippen LogP contribution in [0, 0.1) is 13.8 Å². The van der Waals surface area contributed by atoms with Gasteiger partial charge in [-0.15, -0.1) is 0 Å². The Hall–Kier alpha value is -1.77. The molecular weight excluding hydrogens is 178 g/mol. The molecule has 0 spiro atoms. The average Bonchev–Trinajstić information content (AvgIpc) is 2.46. The number of H-pyrrole nitrogens is 1. The predicted octanol–water partition coefficient (Wildman–Crippen LogP) is 2.48. The van der Waals surface area contributed by atoms with Crippen LogP contribution in [0.3, 0.4) is 0 Å². The molecule has 3 heteroatoms. The van der Waals surface area contributed by atoms with Crippen molar-refractivity contribution in [3.8, 4) is 0 Å². The molecule has 0 saturated carbocycles. The number of nitrogens with one attached hydrogen (secondary N) is 1. The predicted molar refractivity (Wildman–Crippen MR) is 54.7 cm³/mol. The molecular formula is C11H11NO2. The van der Waals surface area contributed by atoms with Gasteiger partial charge < -0.3 is 10.1 Å². The largest absolute Gasteiger partial charge is 0.478 e. The number of aromatic nitrogens is 1. The Labute approximate surface area is 81.4 Å². The highest BCUT2D eigenvalue weighted by Gasteiger charge is 2.09. The van der Waals surface area contributed by atoms with Crippen LogP contribution in [0.4, 0.5) is 0 Å². The van der Waals surface area contributed by atoms with Gasteiger partial charge in [0.1, 0.15) is 0 Å². The van der Waals surface area contributed by atoms with Crippen molar-refractivity contribution < 1.29 is 9.90 Å². The Balaban J connectivity index is 2.80. The van der Waals surface area contributed by atoms with Crippen molar-refractivity contribution in [2.75, 3.05) is 0 Å². The zero-order chi connectivity index (χ0) is 10.3. The molecule has 0 aliphatic heterocycles. The van der Waals surface area contributed by atoms with E-state index in [1.54, 1.807) is 13.0 Å². The maximum atomic E-state index is 10.9. The summed E-state index contributed by atoms with van der Waals surface area (Å²) in [6, 6.07) is 3.59. The first-order valence-electron chi connectivity index (χ1n) is 4.41. The number of hydrogen-bond donors (Lipinski definition) is 2. The fraction of sp³-hybridized carbons (Fsp3) is 0.182. The van der Waals surface area contributed by atoms with Gasteiger partial charge in [-0.05, 0) is 37.1 Å². The molecule has 0 aliphatic rings. The molecule has 2 N–H and O–H groups in total. The van der Waals surface area contributed by atoms with Gasteiger partial charge in [-0.25, -0.2) is 4.79 Å². The van der Waals surface area contributed by atoms with Gasteiger partial charge in [0.2, 0.25) is 0 Å². The maximum Gasteiger partial charge on any atom is 0.335 e. The third kappa shape index (κ3) is 1.18. The number of carboxylic acid groups (broad SMARTS) is 1. The summed E-state index contributed by atoms with van der Waals surface area (Å²) in [6.45, 7) is 3.76. The summed E-state index contributed by atoms with van der Waals surface area (Å²) in [5.74, 6) is -0.870. The van der Waals surface area contributed by atoms with E-state index in [1.165, 1.54) is 0 Å². The molecule has 0 amide bonds. The number of aromatic carboxylic acids is 1. The molecule has 0 atom stereocenters.